The van der Waals surface area contributed by atoms with Gasteiger partial charge in [-0.2, -0.15) is 0 Å². The van der Waals surface area contributed by atoms with Crippen molar-refractivity contribution in [2.24, 2.45) is 5.73 Å². The lowest BCUT2D eigenvalue weighted by atomic mass is 9.94. The van der Waals surface area contributed by atoms with Crippen molar-refractivity contribution < 1.29 is 9.18 Å². The van der Waals surface area contributed by atoms with Gasteiger partial charge < -0.3 is 11.1 Å². The number of rotatable bonds is 3. The molecule has 5 heteroatoms. The predicted octanol–water partition coefficient (Wildman–Crippen LogP) is 3.50. The molecule has 0 aliphatic heterocycles. The second-order valence-corrected chi connectivity index (χ2v) is 6.23. The highest BCUT2D eigenvalue weighted by atomic mass is 79.9. The van der Waals surface area contributed by atoms with E-state index < -0.39 is 0 Å². The average Bonchev–Trinajstić information content (AvgIpc) is 2.72. The van der Waals surface area contributed by atoms with E-state index >= 15 is 0 Å². The van der Waals surface area contributed by atoms with E-state index in [4.69, 9.17) is 5.73 Å². The number of hydrogen-bond donors (Lipinski definition) is 2. The molecule has 1 aromatic rings. The van der Waals surface area contributed by atoms with Gasteiger partial charge in [0, 0.05) is 17.6 Å². The number of amides is 1. The third kappa shape index (κ3) is 3.54. The van der Waals surface area contributed by atoms with Crippen molar-refractivity contribution in [1.82, 2.24) is 0 Å². The summed E-state index contributed by atoms with van der Waals surface area (Å²) in [5, 5.41) is 2.75. The lowest BCUT2D eigenvalue weighted by Gasteiger charge is -2.22. The molecular formula is C14H18BrFN2O. The maximum atomic E-state index is 13.5. The third-order valence-electron chi connectivity index (χ3n) is 3.65. The first-order chi connectivity index (χ1) is 8.89. The fourth-order valence-electron chi connectivity index (χ4n) is 2.55. The van der Waals surface area contributed by atoms with Crippen LogP contribution in [0.15, 0.2) is 16.6 Å². The third-order valence-corrected chi connectivity index (χ3v) is 4.26. The van der Waals surface area contributed by atoms with E-state index in [1.807, 2.05) is 6.92 Å². The smallest absolute Gasteiger partial charge is 0.226 e. The van der Waals surface area contributed by atoms with Crippen LogP contribution in [0.5, 0.6) is 0 Å². The normalized spacial score (nSPS) is 17.5. The first-order valence-electron chi connectivity index (χ1n) is 6.44. The molecule has 2 rings (SSSR count). The van der Waals surface area contributed by atoms with Gasteiger partial charge in [-0.3, -0.25) is 4.79 Å². The number of carbonyl (C=O) groups excluding carboxylic acids is 1. The molecule has 0 aromatic heterocycles. The first-order valence-corrected chi connectivity index (χ1v) is 7.23. The minimum atomic E-state index is -0.385. The van der Waals surface area contributed by atoms with Crippen molar-refractivity contribution >= 4 is 27.5 Å². The molecule has 1 aliphatic carbocycles. The van der Waals surface area contributed by atoms with E-state index in [9.17, 15) is 9.18 Å². The summed E-state index contributed by atoms with van der Waals surface area (Å²) in [6.45, 7) is 1.83. The van der Waals surface area contributed by atoms with Crippen LogP contribution in [-0.4, -0.2) is 11.4 Å². The average molecular weight is 329 g/mol. The van der Waals surface area contributed by atoms with Crippen LogP contribution in [0.2, 0.25) is 0 Å². The van der Waals surface area contributed by atoms with E-state index in [1.54, 1.807) is 6.07 Å². The van der Waals surface area contributed by atoms with E-state index in [0.717, 1.165) is 31.2 Å². The molecule has 0 atom stereocenters. The second-order valence-electron chi connectivity index (χ2n) is 5.38. The van der Waals surface area contributed by atoms with Gasteiger partial charge >= 0.3 is 0 Å². The molecule has 3 nitrogen and oxygen atoms in total. The molecule has 0 unspecified atom stereocenters. The Kier molecular flexibility index (Phi) is 4.26. The Bertz CT molecular complexity index is 498. The predicted molar refractivity (Wildman–Crippen MR) is 77.5 cm³/mol. The Balaban J connectivity index is 2.05. The van der Waals surface area contributed by atoms with Crippen molar-refractivity contribution in [3.8, 4) is 0 Å². The van der Waals surface area contributed by atoms with Crippen LogP contribution >= 0.6 is 15.9 Å². The molecule has 0 heterocycles. The molecule has 0 radical (unpaired) electrons. The topological polar surface area (TPSA) is 55.1 Å². The molecule has 1 aromatic carbocycles. The number of carbonyl (C=O) groups is 1. The van der Waals surface area contributed by atoms with Gasteiger partial charge in [-0.25, -0.2) is 4.39 Å². The van der Waals surface area contributed by atoms with Gasteiger partial charge in [0.05, 0.1) is 4.47 Å². The Labute approximate surface area is 120 Å². The zero-order valence-corrected chi connectivity index (χ0v) is 12.5. The van der Waals surface area contributed by atoms with Gasteiger partial charge in [0.1, 0.15) is 5.82 Å². The van der Waals surface area contributed by atoms with Crippen molar-refractivity contribution in [3.63, 3.8) is 0 Å². The van der Waals surface area contributed by atoms with Crippen LogP contribution < -0.4 is 11.1 Å². The van der Waals surface area contributed by atoms with Gasteiger partial charge in [0.25, 0.3) is 0 Å². The summed E-state index contributed by atoms with van der Waals surface area (Å²) < 4.78 is 13.9. The zero-order valence-electron chi connectivity index (χ0n) is 10.9. The van der Waals surface area contributed by atoms with Crippen LogP contribution in [0.25, 0.3) is 0 Å². The number of aryl methyl sites for hydroxylation is 1. The van der Waals surface area contributed by atoms with Gasteiger partial charge in [-0.05, 0) is 53.4 Å². The van der Waals surface area contributed by atoms with Crippen molar-refractivity contribution in [2.75, 3.05) is 5.32 Å². The molecule has 0 saturated heterocycles. The Morgan fingerprint density at radius 1 is 1.47 bits per heavy atom. The van der Waals surface area contributed by atoms with Gasteiger partial charge in [-0.1, -0.05) is 12.8 Å². The highest BCUT2D eigenvalue weighted by Crippen LogP contribution is 2.31. The van der Waals surface area contributed by atoms with Crippen molar-refractivity contribution in [2.45, 2.75) is 44.6 Å². The summed E-state index contributed by atoms with van der Waals surface area (Å²) in [4.78, 5) is 12.0. The number of nitrogens with one attached hydrogen (secondary N) is 1. The summed E-state index contributed by atoms with van der Waals surface area (Å²) in [6.07, 6.45) is 4.22. The summed E-state index contributed by atoms with van der Waals surface area (Å²) in [5.41, 5.74) is 7.11. The number of nitrogens with two attached hydrogens (primary N) is 1. The SMILES string of the molecule is Cc1cc(Br)c(F)cc1NC(=O)CC1(N)CCCC1. The number of benzene rings is 1. The van der Waals surface area contributed by atoms with Crippen molar-refractivity contribution in [3.05, 3.63) is 28.0 Å². The van der Waals surface area contributed by atoms with Crippen LogP contribution in [0.4, 0.5) is 10.1 Å². The zero-order chi connectivity index (χ0) is 14.0. The number of anilines is 1. The van der Waals surface area contributed by atoms with Crippen LogP contribution in [0, 0.1) is 12.7 Å². The van der Waals surface area contributed by atoms with E-state index in [2.05, 4.69) is 21.2 Å². The maximum Gasteiger partial charge on any atom is 0.226 e. The Hall–Kier alpha value is -0.940. The van der Waals surface area contributed by atoms with Gasteiger partial charge in [0.2, 0.25) is 5.91 Å². The molecule has 19 heavy (non-hydrogen) atoms. The fourth-order valence-corrected chi connectivity index (χ4v) is 3.01. The molecule has 0 spiro atoms. The molecule has 0 bridgehead atoms. The maximum absolute atomic E-state index is 13.5. The fraction of sp³-hybridized carbons (Fsp3) is 0.500. The summed E-state index contributed by atoms with van der Waals surface area (Å²) >= 11 is 3.12. The quantitative estimate of drug-likeness (QED) is 0.892. The van der Waals surface area contributed by atoms with Crippen LogP contribution in [-0.2, 0) is 4.79 Å². The van der Waals surface area contributed by atoms with Crippen molar-refractivity contribution in [1.29, 1.82) is 0 Å². The van der Waals surface area contributed by atoms with E-state index in [1.165, 1.54) is 6.07 Å². The monoisotopic (exact) mass is 328 g/mol. The minimum absolute atomic E-state index is 0.144. The standard InChI is InChI=1S/C14H18BrFN2O/c1-9-6-10(15)11(16)7-12(9)18-13(19)8-14(17)4-2-3-5-14/h6-7H,2-5,8,17H2,1H3,(H,18,19). The van der Waals surface area contributed by atoms with Gasteiger partial charge in [-0.15, -0.1) is 0 Å². The Morgan fingerprint density at radius 3 is 2.74 bits per heavy atom. The Morgan fingerprint density at radius 2 is 2.11 bits per heavy atom. The molecule has 1 saturated carbocycles. The molecule has 104 valence electrons. The molecular weight excluding hydrogens is 311 g/mol. The summed E-state index contributed by atoms with van der Waals surface area (Å²) in [7, 11) is 0. The van der Waals surface area contributed by atoms with E-state index in [-0.39, 0.29) is 17.3 Å². The van der Waals surface area contributed by atoms with Crippen LogP contribution in [0.3, 0.4) is 0 Å². The number of hydrogen-bond acceptors (Lipinski definition) is 2. The summed E-state index contributed by atoms with van der Waals surface area (Å²) in [6, 6.07) is 2.98. The highest BCUT2D eigenvalue weighted by molar-refractivity contribution is 9.10. The largest absolute Gasteiger partial charge is 0.326 e. The van der Waals surface area contributed by atoms with Crippen LogP contribution in [0.1, 0.15) is 37.7 Å². The number of halogens is 2. The second kappa shape index (κ2) is 5.59. The molecule has 1 aliphatic rings. The van der Waals surface area contributed by atoms with Gasteiger partial charge in [0.15, 0.2) is 0 Å². The molecule has 1 fully saturated rings. The summed E-state index contributed by atoms with van der Waals surface area (Å²) in [5.74, 6) is -0.529. The minimum Gasteiger partial charge on any atom is -0.326 e. The highest BCUT2D eigenvalue weighted by Gasteiger charge is 2.31. The molecule has 1 amide bonds. The van der Waals surface area contributed by atoms with E-state index in [0.29, 0.717) is 16.6 Å². The lowest BCUT2D eigenvalue weighted by Crippen LogP contribution is -2.40. The lowest BCUT2D eigenvalue weighted by molar-refractivity contribution is -0.117. The first kappa shape index (κ1) is 14.5. The molecule has 3 N–H and O–H groups in total.